The highest BCUT2D eigenvalue weighted by Gasteiger charge is 2.15. The van der Waals surface area contributed by atoms with Crippen LogP contribution in [0.25, 0.3) is 21.5 Å². The summed E-state index contributed by atoms with van der Waals surface area (Å²) in [4.78, 5) is 12.6. The average Bonchev–Trinajstić information content (AvgIpc) is 3.52. The molecule has 0 saturated carbocycles. The largest absolute Gasteiger partial charge is 0.329 e. The van der Waals surface area contributed by atoms with Crippen LogP contribution in [-0.4, -0.2) is 32.3 Å². The van der Waals surface area contributed by atoms with Gasteiger partial charge in [-0.3, -0.25) is 9.89 Å². The summed E-state index contributed by atoms with van der Waals surface area (Å²) >= 11 is 7.87. The smallest absolute Gasteiger partial charge is 0.241 e. The van der Waals surface area contributed by atoms with Crippen LogP contribution in [0.3, 0.4) is 0 Å². The topological polar surface area (TPSA) is 122 Å². The molecule has 5 rings (SSSR count). The van der Waals surface area contributed by atoms with Gasteiger partial charge in [-0.05, 0) is 36.2 Å². The number of anilines is 3. The number of hydrogen-bond donors (Lipinski definition) is 4. The van der Waals surface area contributed by atoms with E-state index in [-0.39, 0.29) is 5.91 Å². The molecule has 0 bridgehead atoms. The van der Waals surface area contributed by atoms with Crippen LogP contribution in [0, 0.1) is 0 Å². The van der Waals surface area contributed by atoms with Gasteiger partial charge in [0.05, 0.1) is 28.5 Å². The number of H-pyrrole nitrogens is 1. The molecule has 0 radical (unpaired) electrons. The summed E-state index contributed by atoms with van der Waals surface area (Å²) in [5.74, 6) is -0.245. The van der Waals surface area contributed by atoms with Crippen LogP contribution in [0.1, 0.15) is 5.56 Å². The van der Waals surface area contributed by atoms with E-state index in [9.17, 15) is 4.79 Å². The van der Waals surface area contributed by atoms with E-state index in [1.165, 1.54) is 11.3 Å². The number of aromatic amines is 1. The lowest BCUT2D eigenvalue weighted by Gasteiger charge is -2.13. The minimum atomic E-state index is -0.652. The van der Waals surface area contributed by atoms with Gasteiger partial charge in [0.2, 0.25) is 11.0 Å². The van der Waals surface area contributed by atoms with E-state index < -0.39 is 6.04 Å². The van der Waals surface area contributed by atoms with Crippen molar-refractivity contribution in [2.45, 2.75) is 12.5 Å². The second kappa shape index (κ2) is 9.60. The van der Waals surface area contributed by atoms with Crippen LogP contribution in [0.15, 0.2) is 72.9 Å². The monoisotopic (exact) mass is 489 g/mol. The van der Waals surface area contributed by atoms with Gasteiger partial charge in [0.25, 0.3) is 0 Å². The summed E-state index contributed by atoms with van der Waals surface area (Å²) in [7, 11) is 0. The molecule has 0 aliphatic carbocycles. The average molecular weight is 490 g/mol. The predicted molar refractivity (Wildman–Crippen MR) is 136 cm³/mol. The number of nitrogens with zero attached hydrogens (tertiary/aromatic N) is 3. The molecule has 3 aromatic carbocycles. The van der Waals surface area contributed by atoms with Crippen molar-refractivity contribution in [2.75, 3.05) is 10.6 Å². The zero-order valence-corrected chi connectivity index (χ0v) is 19.4. The number of halogens is 1. The second-order valence-electron chi connectivity index (χ2n) is 7.66. The molecule has 10 heteroatoms. The molecule has 5 aromatic rings. The Kier molecular flexibility index (Phi) is 6.22. The van der Waals surface area contributed by atoms with Crippen LogP contribution < -0.4 is 16.4 Å². The molecular formula is C24H20ClN7OS. The number of nitrogens with two attached hydrogens (primary N) is 1. The lowest BCUT2D eigenvalue weighted by Crippen LogP contribution is -2.37. The Bertz CT molecular complexity index is 1450. The number of carbonyl (C=O) groups is 1. The molecule has 2 heterocycles. The molecule has 0 fully saturated rings. The molecule has 1 amide bonds. The lowest BCUT2D eigenvalue weighted by atomic mass is 10.1. The van der Waals surface area contributed by atoms with Crippen molar-refractivity contribution in [3.05, 3.63) is 83.5 Å². The van der Waals surface area contributed by atoms with Gasteiger partial charge in [0.1, 0.15) is 5.01 Å². The third-order valence-electron chi connectivity index (χ3n) is 5.24. The van der Waals surface area contributed by atoms with Crippen molar-refractivity contribution in [1.82, 2.24) is 20.4 Å². The number of hydrogen-bond acceptors (Lipinski definition) is 7. The second-order valence-corrected chi connectivity index (χ2v) is 9.02. The number of benzene rings is 3. The van der Waals surface area contributed by atoms with Gasteiger partial charge in [-0.25, -0.2) is 0 Å². The van der Waals surface area contributed by atoms with E-state index in [0.717, 1.165) is 22.0 Å². The molecule has 0 saturated heterocycles. The quantitative estimate of drug-likeness (QED) is 0.255. The molecule has 0 spiro atoms. The Morgan fingerprint density at radius 2 is 1.94 bits per heavy atom. The Balaban J connectivity index is 1.28. The zero-order valence-electron chi connectivity index (χ0n) is 17.8. The van der Waals surface area contributed by atoms with Crippen molar-refractivity contribution < 1.29 is 4.79 Å². The summed E-state index contributed by atoms with van der Waals surface area (Å²) < 4.78 is 0. The van der Waals surface area contributed by atoms with Gasteiger partial charge in [-0.15, -0.1) is 10.2 Å². The highest BCUT2D eigenvalue weighted by Crippen LogP contribution is 2.34. The molecular weight excluding hydrogens is 470 g/mol. The van der Waals surface area contributed by atoms with Gasteiger partial charge in [-0.1, -0.05) is 65.4 Å². The van der Waals surface area contributed by atoms with Crippen LogP contribution in [-0.2, 0) is 11.2 Å². The van der Waals surface area contributed by atoms with Gasteiger partial charge >= 0.3 is 0 Å². The minimum absolute atomic E-state index is 0.245. The number of aromatic nitrogens is 4. The van der Waals surface area contributed by atoms with Gasteiger partial charge in [0, 0.05) is 16.6 Å². The summed E-state index contributed by atoms with van der Waals surface area (Å²) in [6.07, 6.45) is 2.14. The maximum atomic E-state index is 12.6. The fourth-order valence-electron chi connectivity index (χ4n) is 3.51. The fraction of sp³-hybridized carbons (Fsp3) is 0.0833. The Morgan fingerprint density at radius 3 is 2.79 bits per heavy atom. The van der Waals surface area contributed by atoms with Crippen LogP contribution in [0.4, 0.5) is 16.5 Å². The predicted octanol–water partition coefficient (Wildman–Crippen LogP) is 4.99. The number of nitrogens with one attached hydrogen (secondary N) is 3. The Hall–Kier alpha value is -3.79. The summed E-state index contributed by atoms with van der Waals surface area (Å²) in [5.41, 5.74) is 10.2. The number of carbonyl (C=O) groups excluding carboxylic acids is 1. The highest BCUT2D eigenvalue weighted by atomic mass is 35.5. The fourth-order valence-corrected chi connectivity index (χ4v) is 4.52. The van der Waals surface area contributed by atoms with Crippen molar-refractivity contribution >= 4 is 56.3 Å². The van der Waals surface area contributed by atoms with E-state index in [1.54, 1.807) is 6.20 Å². The van der Waals surface area contributed by atoms with Crippen molar-refractivity contribution in [1.29, 1.82) is 0 Å². The third-order valence-corrected chi connectivity index (χ3v) is 6.53. The molecule has 8 nitrogen and oxygen atoms in total. The van der Waals surface area contributed by atoms with E-state index in [4.69, 9.17) is 17.3 Å². The summed E-state index contributed by atoms with van der Waals surface area (Å²) in [5, 5.41) is 24.2. The zero-order chi connectivity index (χ0) is 23.5. The molecule has 34 heavy (non-hydrogen) atoms. The molecule has 1 atom stereocenters. The molecule has 5 N–H and O–H groups in total. The van der Waals surface area contributed by atoms with E-state index in [2.05, 4.69) is 31.0 Å². The normalized spacial score (nSPS) is 11.9. The molecule has 2 aromatic heterocycles. The van der Waals surface area contributed by atoms with Crippen molar-refractivity contribution in [3.8, 4) is 10.6 Å². The van der Waals surface area contributed by atoms with E-state index in [1.807, 2.05) is 66.7 Å². The highest BCUT2D eigenvalue weighted by molar-refractivity contribution is 7.18. The molecule has 170 valence electrons. The number of amides is 1. The first kappa shape index (κ1) is 22.0. The molecule has 0 aliphatic heterocycles. The maximum absolute atomic E-state index is 12.6. The van der Waals surface area contributed by atoms with Crippen molar-refractivity contribution in [3.63, 3.8) is 0 Å². The van der Waals surface area contributed by atoms with E-state index >= 15 is 0 Å². The van der Waals surface area contributed by atoms with Crippen LogP contribution in [0.2, 0.25) is 5.02 Å². The third kappa shape index (κ3) is 4.76. The van der Waals surface area contributed by atoms with Crippen LogP contribution in [0.5, 0.6) is 0 Å². The maximum Gasteiger partial charge on any atom is 0.241 e. The van der Waals surface area contributed by atoms with E-state index in [0.29, 0.717) is 33.0 Å². The van der Waals surface area contributed by atoms with Crippen molar-refractivity contribution in [2.24, 2.45) is 5.73 Å². The molecule has 1 unspecified atom stereocenters. The van der Waals surface area contributed by atoms with Gasteiger partial charge in [-0.2, -0.15) is 5.10 Å². The first-order valence-corrected chi connectivity index (χ1v) is 11.7. The van der Waals surface area contributed by atoms with Crippen LogP contribution >= 0.6 is 22.9 Å². The summed E-state index contributed by atoms with van der Waals surface area (Å²) in [6.45, 7) is 0. The first-order valence-electron chi connectivity index (χ1n) is 10.5. The number of rotatable bonds is 7. The SMILES string of the molecule is NC(Cc1ccccc1)C(=O)Nc1cccc(-c2nnc(Nc3ccc4[nH]ncc4c3Cl)s2)c1. The number of fused-ring (bicyclic) bond motifs is 1. The van der Waals surface area contributed by atoms with Gasteiger partial charge < -0.3 is 16.4 Å². The standard InChI is InChI=1S/C24H20ClN7OS/c25-21-17-13-27-30-19(17)9-10-20(21)29-24-32-31-23(34-24)15-7-4-8-16(12-15)28-22(33)18(26)11-14-5-2-1-3-6-14/h1-10,12-13,18H,11,26H2,(H,27,30)(H,28,33)(H,29,32). The van der Waals surface area contributed by atoms with Gasteiger partial charge in [0.15, 0.2) is 0 Å². The first-order chi connectivity index (χ1) is 16.6. The minimum Gasteiger partial charge on any atom is -0.329 e. The Morgan fingerprint density at radius 1 is 1.09 bits per heavy atom. The lowest BCUT2D eigenvalue weighted by molar-refractivity contribution is -0.117. The molecule has 0 aliphatic rings. The Labute approximate surface area is 204 Å². The summed E-state index contributed by atoms with van der Waals surface area (Å²) in [6, 6.07) is 20.2.